The Bertz CT molecular complexity index is 617. The van der Waals surface area contributed by atoms with Crippen molar-refractivity contribution in [3.8, 4) is 17.6 Å². The van der Waals surface area contributed by atoms with Crippen LogP contribution in [0.1, 0.15) is 11.1 Å². The molecule has 2 rings (SSSR count). The van der Waals surface area contributed by atoms with Crippen molar-refractivity contribution in [3.05, 3.63) is 46.6 Å². The van der Waals surface area contributed by atoms with E-state index in [1.165, 1.54) is 6.20 Å². The molecule has 90 valence electrons. The van der Waals surface area contributed by atoms with Crippen LogP contribution in [-0.2, 0) is 0 Å². The summed E-state index contributed by atoms with van der Waals surface area (Å²) in [5.74, 6) is 1.33. The lowest BCUT2D eigenvalue weighted by molar-refractivity contribution is 0.476. The van der Waals surface area contributed by atoms with Gasteiger partial charge in [-0.05, 0) is 31.2 Å². The normalized spacial score (nSPS) is 9.83. The highest BCUT2D eigenvalue weighted by Crippen LogP contribution is 2.28. The van der Waals surface area contributed by atoms with E-state index in [9.17, 15) is 0 Å². The summed E-state index contributed by atoms with van der Waals surface area (Å²) < 4.78 is 5.63. The number of benzene rings is 1. The van der Waals surface area contributed by atoms with Gasteiger partial charge in [0.25, 0.3) is 0 Å². The second-order valence-electron chi connectivity index (χ2n) is 3.68. The Labute approximate surface area is 110 Å². The highest BCUT2D eigenvalue weighted by atomic mass is 35.5. The summed E-state index contributed by atoms with van der Waals surface area (Å²) in [4.78, 5) is 3.93. The summed E-state index contributed by atoms with van der Waals surface area (Å²) >= 11 is 5.79. The number of nitrogens with two attached hydrogens (primary N) is 1. The number of pyridine rings is 1. The number of nitrogens with zero attached hydrogens (tertiary/aromatic N) is 2. The zero-order chi connectivity index (χ0) is 13.1. The van der Waals surface area contributed by atoms with Gasteiger partial charge < -0.3 is 10.5 Å². The van der Waals surface area contributed by atoms with Crippen LogP contribution in [0.3, 0.4) is 0 Å². The van der Waals surface area contributed by atoms with Crippen LogP contribution in [-0.4, -0.2) is 4.98 Å². The number of aromatic nitrogens is 1. The van der Waals surface area contributed by atoms with Crippen LogP contribution >= 0.6 is 11.6 Å². The minimum Gasteiger partial charge on any atom is -0.455 e. The van der Waals surface area contributed by atoms with Gasteiger partial charge in [-0.15, -0.1) is 0 Å². The van der Waals surface area contributed by atoms with Crippen LogP contribution in [0.4, 0.5) is 5.82 Å². The molecule has 0 atom stereocenters. The Kier molecular flexibility index (Phi) is 3.35. The molecule has 0 saturated carbocycles. The molecule has 18 heavy (non-hydrogen) atoms. The van der Waals surface area contributed by atoms with E-state index in [0.717, 1.165) is 0 Å². The van der Waals surface area contributed by atoms with Gasteiger partial charge in [0, 0.05) is 10.6 Å². The lowest BCUT2D eigenvalue weighted by Crippen LogP contribution is -1.99. The van der Waals surface area contributed by atoms with Crippen molar-refractivity contribution in [2.24, 2.45) is 0 Å². The van der Waals surface area contributed by atoms with Gasteiger partial charge in [0.1, 0.15) is 28.9 Å². The Balaban J connectivity index is 2.36. The first-order valence-corrected chi connectivity index (χ1v) is 5.58. The maximum absolute atomic E-state index is 8.98. The minimum atomic E-state index is 0.207. The predicted molar refractivity (Wildman–Crippen MR) is 69.6 cm³/mol. The summed E-state index contributed by atoms with van der Waals surface area (Å²) in [5, 5.41) is 9.61. The fraction of sp³-hybridized carbons (Fsp3) is 0.0769. The van der Waals surface area contributed by atoms with Gasteiger partial charge in [0.05, 0.1) is 6.20 Å². The van der Waals surface area contributed by atoms with E-state index in [2.05, 4.69) is 4.98 Å². The summed E-state index contributed by atoms with van der Waals surface area (Å²) in [7, 11) is 0. The number of ether oxygens (including phenoxy) is 1. The fourth-order valence-corrected chi connectivity index (χ4v) is 1.60. The zero-order valence-corrected chi connectivity index (χ0v) is 10.4. The molecule has 5 heteroatoms. The van der Waals surface area contributed by atoms with E-state index >= 15 is 0 Å². The van der Waals surface area contributed by atoms with Crippen molar-refractivity contribution in [1.29, 1.82) is 5.26 Å². The number of anilines is 1. The molecule has 0 aliphatic carbocycles. The molecule has 4 nitrogen and oxygen atoms in total. The average molecular weight is 260 g/mol. The Hall–Kier alpha value is -2.25. The number of hydrogen-bond acceptors (Lipinski definition) is 4. The number of nitriles is 1. The molecule has 0 fully saturated rings. The standard InChI is InChI=1S/C13H10ClN3O/c1-8-11(6-15)13(16)17-7-12(8)18-10-4-2-9(14)3-5-10/h2-5,7H,1H3,(H2,16,17). The molecule has 2 N–H and O–H groups in total. The van der Waals surface area contributed by atoms with Crippen LogP contribution in [0, 0.1) is 18.3 Å². The smallest absolute Gasteiger partial charge is 0.150 e. The van der Waals surface area contributed by atoms with Gasteiger partial charge in [-0.3, -0.25) is 0 Å². The minimum absolute atomic E-state index is 0.207. The fourth-order valence-electron chi connectivity index (χ4n) is 1.48. The van der Waals surface area contributed by atoms with E-state index in [0.29, 0.717) is 27.6 Å². The summed E-state index contributed by atoms with van der Waals surface area (Å²) in [6.45, 7) is 1.77. The Morgan fingerprint density at radius 1 is 1.33 bits per heavy atom. The maximum Gasteiger partial charge on any atom is 0.150 e. The molecule has 2 aromatic rings. The molecule has 0 spiro atoms. The van der Waals surface area contributed by atoms with Gasteiger partial charge in [-0.2, -0.15) is 5.26 Å². The van der Waals surface area contributed by atoms with Crippen molar-refractivity contribution in [3.63, 3.8) is 0 Å². The third-order valence-electron chi connectivity index (χ3n) is 2.47. The number of nitrogen functional groups attached to an aromatic ring is 1. The first-order chi connectivity index (χ1) is 8.61. The van der Waals surface area contributed by atoms with Crippen molar-refractivity contribution in [1.82, 2.24) is 4.98 Å². The number of halogens is 1. The Morgan fingerprint density at radius 2 is 2.00 bits per heavy atom. The SMILES string of the molecule is Cc1c(Oc2ccc(Cl)cc2)cnc(N)c1C#N. The van der Waals surface area contributed by atoms with Crippen LogP contribution in [0.5, 0.6) is 11.5 Å². The van der Waals surface area contributed by atoms with Crippen LogP contribution < -0.4 is 10.5 Å². The summed E-state index contributed by atoms with van der Waals surface area (Å²) in [6, 6.07) is 8.94. The molecule has 1 aromatic carbocycles. The van der Waals surface area contributed by atoms with Gasteiger partial charge >= 0.3 is 0 Å². The molecule has 1 heterocycles. The molecule has 0 bridgehead atoms. The third-order valence-corrected chi connectivity index (χ3v) is 2.73. The van der Waals surface area contributed by atoms with E-state index in [4.69, 9.17) is 27.3 Å². The lowest BCUT2D eigenvalue weighted by atomic mass is 10.1. The van der Waals surface area contributed by atoms with Gasteiger partial charge in [-0.1, -0.05) is 11.6 Å². The average Bonchev–Trinajstić information content (AvgIpc) is 2.36. The predicted octanol–water partition coefficient (Wildman–Crippen LogP) is 3.29. The Morgan fingerprint density at radius 3 is 2.61 bits per heavy atom. The van der Waals surface area contributed by atoms with E-state index in [1.807, 2.05) is 6.07 Å². The van der Waals surface area contributed by atoms with E-state index < -0.39 is 0 Å². The van der Waals surface area contributed by atoms with Crippen LogP contribution in [0.15, 0.2) is 30.5 Å². The summed E-state index contributed by atoms with van der Waals surface area (Å²) in [6.07, 6.45) is 1.50. The molecular formula is C13H10ClN3O. The van der Waals surface area contributed by atoms with Crippen molar-refractivity contribution < 1.29 is 4.74 Å². The molecule has 0 radical (unpaired) electrons. The van der Waals surface area contributed by atoms with Gasteiger partial charge in [0.15, 0.2) is 0 Å². The monoisotopic (exact) mass is 259 g/mol. The highest BCUT2D eigenvalue weighted by Gasteiger charge is 2.10. The molecule has 1 aromatic heterocycles. The topological polar surface area (TPSA) is 71.9 Å². The van der Waals surface area contributed by atoms with Crippen molar-refractivity contribution >= 4 is 17.4 Å². The molecule has 0 amide bonds. The zero-order valence-electron chi connectivity index (χ0n) is 9.64. The van der Waals surface area contributed by atoms with Crippen LogP contribution in [0.25, 0.3) is 0 Å². The highest BCUT2D eigenvalue weighted by molar-refractivity contribution is 6.30. The maximum atomic E-state index is 8.98. The molecular weight excluding hydrogens is 250 g/mol. The van der Waals surface area contributed by atoms with Gasteiger partial charge in [0.2, 0.25) is 0 Å². The van der Waals surface area contributed by atoms with Crippen molar-refractivity contribution in [2.75, 3.05) is 5.73 Å². The quantitative estimate of drug-likeness (QED) is 0.898. The van der Waals surface area contributed by atoms with E-state index in [-0.39, 0.29) is 5.82 Å². The summed E-state index contributed by atoms with van der Waals surface area (Å²) in [5.41, 5.74) is 6.61. The molecule has 0 aliphatic rings. The molecule has 0 unspecified atom stereocenters. The van der Waals surface area contributed by atoms with Gasteiger partial charge in [-0.25, -0.2) is 4.98 Å². The van der Waals surface area contributed by atoms with Crippen molar-refractivity contribution in [2.45, 2.75) is 6.92 Å². The van der Waals surface area contributed by atoms with Crippen LogP contribution in [0.2, 0.25) is 5.02 Å². The lowest BCUT2D eigenvalue weighted by Gasteiger charge is -2.10. The first kappa shape index (κ1) is 12.2. The largest absolute Gasteiger partial charge is 0.455 e. The number of hydrogen-bond donors (Lipinski definition) is 1. The van der Waals surface area contributed by atoms with E-state index in [1.54, 1.807) is 31.2 Å². The third kappa shape index (κ3) is 2.36. The second-order valence-corrected chi connectivity index (χ2v) is 4.11. The molecule has 0 aliphatic heterocycles. The number of rotatable bonds is 2. The second kappa shape index (κ2) is 4.94. The molecule has 0 saturated heterocycles. The first-order valence-electron chi connectivity index (χ1n) is 5.20.